The average molecular weight is 432 g/mol. The van der Waals surface area contributed by atoms with Gasteiger partial charge in [0.25, 0.3) is 5.82 Å². The summed E-state index contributed by atoms with van der Waals surface area (Å²) in [6.07, 6.45) is 9.11. The zero-order valence-corrected chi connectivity index (χ0v) is 17.9. The maximum absolute atomic E-state index is 12.3. The molecule has 7 nitrogen and oxygen atoms in total. The number of carboxylic acid groups (broad SMARTS) is 1. The number of rotatable bonds is 11. The van der Waals surface area contributed by atoms with Crippen molar-refractivity contribution in [1.82, 2.24) is 14.9 Å². The maximum atomic E-state index is 12.3. The summed E-state index contributed by atoms with van der Waals surface area (Å²) in [4.78, 5) is 27.8. The van der Waals surface area contributed by atoms with E-state index in [1.165, 1.54) is 44.1 Å². The Hall–Kier alpha value is -2.35. The highest BCUT2D eigenvalue weighted by molar-refractivity contribution is 7.97. The van der Waals surface area contributed by atoms with Crippen molar-refractivity contribution in [1.29, 1.82) is 0 Å². The number of carbonyl (C=O) groups is 2. The summed E-state index contributed by atoms with van der Waals surface area (Å²) < 4.78 is 7.96. The van der Waals surface area contributed by atoms with Gasteiger partial charge in [-0.05, 0) is 29.9 Å². The average Bonchev–Trinajstić information content (AvgIpc) is 3.25. The molecule has 30 heavy (non-hydrogen) atoms. The van der Waals surface area contributed by atoms with E-state index in [1.807, 2.05) is 30.3 Å². The number of benzene rings is 1. The molecule has 1 unspecified atom stereocenters. The van der Waals surface area contributed by atoms with Crippen LogP contribution in [-0.4, -0.2) is 27.1 Å². The fourth-order valence-electron chi connectivity index (χ4n) is 3.95. The molecule has 0 spiro atoms. The molecule has 1 aromatic heterocycles. The van der Waals surface area contributed by atoms with Gasteiger partial charge < -0.3 is 9.63 Å². The number of nitrogens with zero attached hydrogens (tertiary/aromatic N) is 2. The topological polar surface area (TPSA) is 105 Å². The number of amides is 1. The molecule has 1 heterocycles. The first-order valence-corrected chi connectivity index (χ1v) is 11.6. The maximum Gasteiger partial charge on any atom is 0.304 e. The molecule has 0 bridgehead atoms. The third kappa shape index (κ3) is 7.16. The Morgan fingerprint density at radius 2 is 1.97 bits per heavy atom. The van der Waals surface area contributed by atoms with E-state index in [2.05, 4.69) is 14.9 Å². The standard InChI is InChI=1S/C22H29N3O4S/c26-19(27)14-18(13-7-12-16-8-3-1-4-9-16)22-23-20(24-29-22)21(28)25-30-15-17-10-5-2-6-11-17/h2,5-6,10-11,16,18H,1,3-4,7-9,12-15H2,(H,25,28)(H,26,27). The Kier molecular flexibility index (Phi) is 8.74. The quantitative estimate of drug-likeness (QED) is 0.485. The van der Waals surface area contributed by atoms with Crippen LogP contribution in [0.2, 0.25) is 0 Å². The van der Waals surface area contributed by atoms with Gasteiger partial charge in [-0.1, -0.05) is 80.4 Å². The molecule has 8 heteroatoms. The van der Waals surface area contributed by atoms with E-state index in [9.17, 15) is 14.7 Å². The highest BCUT2D eigenvalue weighted by Crippen LogP contribution is 2.31. The van der Waals surface area contributed by atoms with Gasteiger partial charge >= 0.3 is 11.9 Å². The number of hydrogen-bond acceptors (Lipinski definition) is 6. The van der Waals surface area contributed by atoms with Gasteiger partial charge in [-0.3, -0.25) is 14.3 Å². The summed E-state index contributed by atoms with van der Waals surface area (Å²) in [5.74, 6) is -0.165. The molecule has 0 aliphatic heterocycles. The SMILES string of the molecule is O=C(O)CC(CCCC1CCCCC1)c1nc(C(=O)NSCc2ccccc2)no1. The first-order chi connectivity index (χ1) is 14.6. The Morgan fingerprint density at radius 1 is 1.20 bits per heavy atom. The van der Waals surface area contributed by atoms with Gasteiger partial charge in [0.05, 0.1) is 6.42 Å². The Balaban J connectivity index is 1.50. The van der Waals surface area contributed by atoms with Gasteiger partial charge in [-0.25, -0.2) is 0 Å². The molecule has 162 valence electrons. The van der Waals surface area contributed by atoms with Crippen LogP contribution in [-0.2, 0) is 10.5 Å². The lowest BCUT2D eigenvalue weighted by molar-refractivity contribution is -0.137. The first kappa shape index (κ1) is 22.3. The predicted octanol–water partition coefficient (Wildman–Crippen LogP) is 4.96. The third-order valence-electron chi connectivity index (χ3n) is 5.55. The zero-order valence-electron chi connectivity index (χ0n) is 17.1. The summed E-state index contributed by atoms with van der Waals surface area (Å²) in [5, 5.41) is 13.0. The van der Waals surface area contributed by atoms with Crippen molar-refractivity contribution in [3.63, 3.8) is 0 Å². The van der Waals surface area contributed by atoms with Crippen LogP contribution in [0.4, 0.5) is 0 Å². The second-order valence-corrected chi connectivity index (χ2v) is 8.67. The summed E-state index contributed by atoms with van der Waals surface area (Å²) in [6, 6.07) is 9.79. The molecule has 0 saturated heterocycles. The summed E-state index contributed by atoms with van der Waals surface area (Å²) in [5.41, 5.74) is 1.09. The molecular formula is C22H29N3O4S. The smallest absolute Gasteiger partial charge is 0.304 e. The minimum absolute atomic E-state index is 0.0618. The fraction of sp³-hybridized carbons (Fsp3) is 0.545. The van der Waals surface area contributed by atoms with E-state index >= 15 is 0 Å². The Labute approximate surface area is 181 Å². The lowest BCUT2D eigenvalue weighted by atomic mass is 9.84. The van der Waals surface area contributed by atoms with Crippen molar-refractivity contribution in [3.8, 4) is 0 Å². The van der Waals surface area contributed by atoms with Gasteiger partial charge in [0, 0.05) is 11.7 Å². The van der Waals surface area contributed by atoms with Crippen LogP contribution in [0.15, 0.2) is 34.9 Å². The van der Waals surface area contributed by atoms with E-state index in [0.717, 1.165) is 24.3 Å². The number of aromatic nitrogens is 2. The van der Waals surface area contributed by atoms with Crippen LogP contribution >= 0.6 is 11.9 Å². The molecular weight excluding hydrogens is 402 g/mol. The largest absolute Gasteiger partial charge is 0.481 e. The van der Waals surface area contributed by atoms with Gasteiger partial charge in [-0.15, -0.1) is 0 Å². The lowest BCUT2D eigenvalue weighted by Gasteiger charge is -2.21. The number of carboxylic acids is 1. The van der Waals surface area contributed by atoms with Crippen LogP contribution in [0, 0.1) is 5.92 Å². The summed E-state index contributed by atoms with van der Waals surface area (Å²) >= 11 is 1.25. The fourth-order valence-corrected chi connectivity index (χ4v) is 4.60. The van der Waals surface area contributed by atoms with E-state index < -0.39 is 11.9 Å². The number of hydrogen-bond donors (Lipinski definition) is 2. The molecule has 1 saturated carbocycles. The highest BCUT2D eigenvalue weighted by atomic mass is 32.2. The van der Waals surface area contributed by atoms with Crippen molar-refractivity contribution in [3.05, 3.63) is 47.6 Å². The van der Waals surface area contributed by atoms with E-state index in [1.54, 1.807) is 0 Å². The predicted molar refractivity (Wildman–Crippen MR) is 115 cm³/mol. The minimum Gasteiger partial charge on any atom is -0.481 e. The van der Waals surface area contributed by atoms with Crippen molar-refractivity contribution >= 4 is 23.8 Å². The highest BCUT2D eigenvalue weighted by Gasteiger charge is 2.25. The van der Waals surface area contributed by atoms with Gasteiger partial charge in [0.2, 0.25) is 5.89 Å². The third-order valence-corrected chi connectivity index (χ3v) is 6.36. The van der Waals surface area contributed by atoms with Crippen LogP contribution in [0.5, 0.6) is 0 Å². The second kappa shape index (κ2) is 11.7. The molecule has 2 N–H and O–H groups in total. The Morgan fingerprint density at radius 3 is 2.70 bits per heavy atom. The number of aliphatic carboxylic acids is 1. The first-order valence-electron chi connectivity index (χ1n) is 10.6. The monoisotopic (exact) mass is 431 g/mol. The zero-order chi connectivity index (χ0) is 21.2. The van der Waals surface area contributed by atoms with Crippen molar-refractivity contribution in [2.45, 2.75) is 69.5 Å². The van der Waals surface area contributed by atoms with Gasteiger partial charge in [0.15, 0.2) is 0 Å². The molecule has 1 aromatic carbocycles. The van der Waals surface area contributed by atoms with Crippen molar-refractivity contribution < 1.29 is 19.2 Å². The molecule has 2 aromatic rings. The molecule has 1 fully saturated rings. The van der Waals surface area contributed by atoms with Crippen molar-refractivity contribution in [2.24, 2.45) is 5.92 Å². The molecule has 0 radical (unpaired) electrons. The van der Waals surface area contributed by atoms with Crippen LogP contribution < -0.4 is 4.72 Å². The number of nitrogens with one attached hydrogen (secondary N) is 1. The minimum atomic E-state index is -0.903. The molecule has 1 atom stereocenters. The molecule has 3 rings (SSSR count). The lowest BCUT2D eigenvalue weighted by Crippen LogP contribution is -2.18. The van der Waals surface area contributed by atoms with Crippen LogP contribution in [0.3, 0.4) is 0 Å². The molecule has 1 amide bonds. The summed E-state index contributed by atoms with van der Waals surface area (Å²) in [6.45, 7) is 0. The van der Waals surface area contributed by atoms with Crippen LogP contribution in [0.1, 0.15) is 85.8 Å². The summed E-state index contributed by atoms with van der Waals surface area (Å²) in [7, 11) is 0. The van der Waals surface area contributed by atoms with Gasteiger partial charge in [-0.2, -0.15) is 4.98 Å². The van der Waals surface area contributed by atoms with E-state index in [0.29, 0.717) is 12.2 Å². The molecule has 1 aliphatic rings. The van der Waals surface area contributed by atoms with Gasteiger partial charge in [0.1, 0.15) is 0 Å². The molecule has 1 aliphatic carbocycles. The number of carbonyl (C=O) groups excluding carboxylic acids is 1. The van der Waals surface area contributed by atoms with Crippen molar-refractivity contribution in [2.75, 3.05) is 0 Å². The Bertz CT molecular complexity index is 806. The van der Waals surface area contributed by atoms with Crippen LogP contribution in [0.25, 0.3) is 0 Å². The normalized spacial score (nSPS) is 15.6. The van der Waals surface area contributed by atoms with E-state index in [4.69, 9.17) is 4.52 Å². The second-order valence-electron chi connectivity index (χ2n) is 7.89. The van der Waals surface area contributed by atoms with E-state index in [-0.39, 0.29) is 24.1 Å².